The molecule has 0 radical (unpaired) electrons. The van der Waals surface area contributed by atoms with Crippen molar-refractivity contribution in [2.24, 2.45) is 23.7 Å². The van der Waals surface area contributed by atoms with Gasteiger partial charge in [0.1, 0.15) is 0 Å². The van der Waals surface area contributed by atoms with Gasteiger partial charge >= 0.3 is 0 Å². The maximum Gasteiger partial charge on any atom is 0.160 e. The molecule has 0 amide bonds. The van der Waals surface area contributed by atoms with Gasteiger partial charge in [0, 0.05) is 17.8 Å². The summed E-state index contributed by atoms with van der Waals surface area (Å²) >= 11 is 0. The van der Waals surface area contributed by atoms with Gasteiger partial charge in [-0.25, -0.2) is 0 Å². The average Bonchev–Trinajstić information content (AvgIpc) is 2.69. The van der Waals surface area contributed by atoms with E-state index in [1.807, 2.05) is 0 Å². The molecule has 3 fully saturated rings. The first kappa shape index (κ1) is 20.6. The minimum Gasteiger partial charge on any atom is -0.352 e. The highest BCUT2D eigenvalue weighted by molar-refractivity contribution is 4.77. The smallest absolute Gasteiger partial charge is 0.160 e. The van der Waals surface area contributed by atoms with Crippen LogP contribution < -0.4 is 0 Å². The van der Waals surface area contributed by atoms with E-state index in [2.05, 4.69) is 13.8 Å². The molecule has 3 aliphatic rings. The van der Waals surface area contributed by atoms with E-state index < -0.39 is 0 Å². The van der Waals surface area contributed by atoms with Crippen molar-refractivity contribution in [2.75, 3.05) is 26.4 Å². The van der Waals surface area contributed by atoms with Crippen molar-refractivity contribution in [3.63, 3.8) is 0 Å². The van der Waals surface area contributed by atoms with Gasteiger partial charge in [0.05, 0.1) is 26.4 Å². The Bertz CT molecular complexity index is 364. The van der Waals surface area contributed by atoms with Gasteiger partial charge in [0.15, 0.2) is 12.6 Å². The number of ether oxygens (including phenoxy) is 4. The van der Waals surface area contributed by atoms with E-state index in [1.54, 1.807) is 0 Å². The predicted octanol–water partition coefficient (Wildman–Crippen LogP) is 5.15. The van der Waals surface area contributed by atoms with Crippen LogP contribution in [0.1, 0.15) is 78.1 Å². The lowest BCUT2D eigenvalue weighted by atomic mass is 9.79. The van der Waals surface area contributed by atoms with Gasteiger partial charge in [-0.15, -0.1) is 0 Å². The second kappa shape index (κ2) is 11.0. The summed E-state index contributed by atoms with van der Waals surface area (Å²) in [7, 11) is 0. The highest BCUT2D eigenvalue weighted by atomic mass is 16.7. The van der Waals surface area contributed by atoms with Crippen LogP contribution in [0.15, 0.2) is 0 Å². The van der Waals surface area contributed by atoms with Gasteiger partial charge in [-0.1, -0.05) is 33.1 Å². The van der Waals surface area contributed by atoms with Gasteiger partial charge in [-0.3, -0.25) is 0 Å². The van der Waals surface area contributed by atoms with Crippen LogP contribution in [0.5, 0.6) is 0 Å². The third-order valence-corrected chi connectivity index (χ3v) is 6.51. The summed E-state index contributed by atoms with van der Waals surface area (Å²) in [5, 5.41) is 0. The summed E-state index contributed by atoms with van der Waals surface area (Å²) in [5.41, 5.74) is 0. The predicted molar refractivity (Wildman–Crippen MR) is 103 cm³/mol. The van der Waals surface area contributed by atoms with E-state index in [4.69, 9.17) is 18.9 Å². The Morgan fingerprint density at radius 3 is 1.73 bits per heavy atom. The van der Waals surface area contributed by atoms with E-state index in [0.717, 1.165) is 45.2 Å². The average molecular weight is 369 g/mol. The molecular formula is C22H40O4. The Kier molecular flexibility index (Phi) is 8.70. The summed E-state index contributed by atoms with van der Waals surface area (Å²) in [5.74, 6) is 2.64. The summed E-state index contributed by atoms with van der Waals surface area (Å²) in [6.07, 6.45) is 12.5. The molecule has 1 saturated carbocycles. The fraction of sp³-hybridized carbons (Fsp3) is 1.00. The first-order valence-electron chi connectivity index (χ1n) is 11.2. The molecule has 152 valence electrons. The molecule has 0 bridgehead atoms. The second-order valence-corrected chi connectivity index (χ2v) is 8.80. The lowest BCUT2D eigenvalue weighted by molar-refractivity contribution is -0.236. The molecule has 2 heterocycles. The molecule has 0 spiro atoms. The zero-order chi connectivity index (χ0) is 18.2. The molecule has 0 N–H and O–H groups in total. The summed E-state index contributed by atoms with van der Waals surface area (Å²) < 4.78 is 24.0. The third-order valence-electron chi connectivity index (χ3n) is 6.51. The monoisotopic (exact) mass is 368 g/mol. The van der Waals surface area contributed by atoms with Crippen molar-refractivity contribution < 1.29 is 18.9 Å². The molecule has 4 nitrogen and oxygen atoms in total. The zero-order valence-corrected chi connectivity index (χ0v) is 17.0. The van der Waals surface area contributed by atoms with Crippen LogP contribution >= 0.6 is 0 Å². The molecule has 4 heteroatoms. The van der Waals surface area contributed by atoms with Crippen molar-refractivity contribution >= 4 is 0 Å². The Balaban J connectivity index is 1.27. The summed E-state index contributed by atoms with van der Waals surface area (Å²) in [6.45, 7) is 7.92. The topological polar surface area (TPSA) is 36.9 Å². The van der Waals surface area contributed by atoms with Crippen LogP contribution in [0, 0.1) is 23.7 Å². The highest BCUT2D eigenvalue weighted by Crippen LogP contribution is 2.36. The molecule has 0 unspecified atom stereocenters. The van der Waals surface area contributed by atoms with Crippen molar-refractivity contribution in [3.8, 4) is 0 Å². The van der Waals surface area contributed by atoms with E-state index in [1.165, 1.54) is 51.4 Å². The zero-order valence-electron chi connectivity index (χ0n) is 17.0. The standard InChI is InChI=1S/C22H40O4/c1-3-5-17-7-10-20(11-8-17)22-25-15-19(16-26-22)9-12-21-23-13-18(6-4-2)14-24-21/h17-22H,3-16H2,1-2H3/t17?,18-,19-,20?,21-,22-. The second-order valence-electron chi connectivity index (χ2n) is 8.80. The molecule has 0 aromatic carbocycles. The van der Waals surface area contributed by atoms with Gasteiger partial charge in [-0.2, -0.15) is 0 Å². The maximum absolute atomic E-state index is 6.11. The molecule has 3 rings (SSSR count). The normalized spacial score (nSPS) is 39.0. The Morgan fingerprint density at radius 2 is 1.12 bits per heavy atom. The van der Waals surface area contributed by atoms with Crippen molar-refractivity contribution in [1.82, 2.24) is 0 Å². The van der Waals surface area contributed by atoms with Crippen LogP contribution in [0.2, 0.25) is 0 Å². The maximum atomic E-state index is 6.11. The first-order valence-corrected chi connectivity index (χ1v) is 11.2. The van der Waals surface area contributed by atoms with Crippen LogP contribution in [0.4, 0.5) is 0 Å². The van der Waals surface area contributed by atoms with Crippen molar-refractivity contribution in [1.29, 1.82) is 0 Å². The highest BCUT2D eigenvalue weighted by Gasteiger charge is 2.32. The van der Waals surface area contributed by atoms with Crippen LogP contribution in [-0.2, 0) is 18.9 Å². The number of rotatable bonds is 8. The molecule has 0 atom stereocenters. The van der Waals surface area contributed by atoms with Crippen molar-refractivity contribution in [3.05, 3.63) is 0 Å². The molecule has 1 aliphatic carbocycles. The van der Waals surface area contributed by atoms with Crippen LogP contribution in [-0.4, -0.2) is 39.0 Å². The summed E-state index contributed by atoms with van der Waals surface area (Å²) in [6, 6.07) is 0. The van der Waals surface area contributed by atoms with Crippen LogP contribution in [0.25, 0.3) is 0 Å². The number of hydrogen-bond donors (Lipinski definition) is 0. The van der Waals surface area contributed by atoms with Crippen molar-refractivity contribution in [2.45, 2.75) is 90.6 Å². The van der Waals surface area contributed by atoms with E-state index >= 15 is 0 Å². The minimum absolute atomic E-state index is 0.0188. The van der Waals surface area contributed by atoms with Gasteiger partial charge in [0.25, 0.3) is 0 Å². The molecule has 26 heavy (non-hydrogen) atoms. The van der Waals surface area contributed by atoms with E-state index in [-0.39, 0.29) is 12.6 Å². The molecular weight excluding hydrogens is 328 g/mol. The van der Waals surface area contributed by atoms with Gasteiger partial charge in [-0.05, 0) is 50.9 Å². The summed E-state index contributed by atoms with van der Waals surface area (Å²) in [4.78, 5) is 0. The molecule has 2 aliphatic heterocycles. The van der Waals surface area contributed by atoms with E-state index in [0.29, 0.717) is 17.8 Å². The molecule has 0 aromatic rings. The van der Waals surface area contributed by atoms with Gasteiger partial charge < -0.3 is 18.9 Å². The molecule has 0 aromatic heterocycles. The lowest BCUT2D eigenvalue weighted by Crippen LogP contribution is -2.39. The Hall–Kier alpha value is -0.160. The third kappa shape index (κ3) is 6.19. The quantitative estimate of drug-likeness (QED) is 0.593. The largest absolute Gasteiger partial charge is 0.352 e. The SMILES string of the molecule is CCCC1CCC([C@H]2OC[C@H](CC[C@H]3OC[C@H](CCC)CO3)CO2)CC1. The lowest BCUT2D eigenvalue weighted by Gasteiger charge is -2.38. The first-order chi connectivity index (χ1) is 12.8. The number of hydrogen-bond acceptors (Lipinski definition) is 4. The fourth-order valence-corrected chi connectivity index (χ4v) is 4.85. The Labute approximate surface area is 160 Å². The van der Waals surface area contributed by atoms with E-state index in [9.17, 15) is 0 Å². The van der Waals surface area contributed by atoms with Gasteiger partial charge in [0.2, 0.25) is 0 Å². The minimum atomic E-state index is -0.0188. The Morgan fingerprint density at radius 1 is 0.577 bits per heavy atom. The van der Waals surface area contributed by atoms with Crippen LogP contribution in [0.3, 0.4) is 0 Å². The molecule has 2 saturated heterocycles. The fourth-order valence-electron chi connectivity index (χ4n) is 4.85.